The van der Waals surface area contributed by atoms with E-state index < -0.39 is 16.7 Å². The fourth-order valence-corrected chi connectivity index (χ4v) is 1.82. The molecule has 0 unspecified atom stereocenters. The average molecular weight is 238 g/mol. The van der Waals surface area contributed by atoms with Crippen molar-refractivity contribution in [2.45, 2.75) is 19.8 Å². The molecule has 90 valence electrons. The van der Waals surface area contributed by atoms with E-state index in [-0.39, 0.29) is 17.2 Å². The van der Waals surface area contributed by atoms with Gasteiger partial charge in [0.1, 0.15) is 10.7 Å². The second-order valence-corrected chi connectivity index (χ2v) is 3.76. The maximum atomic E-state index is 11.9. The molecule has 2 amide bonds. The smallest absolute Gasteiger partial charge is 0.405 e. The maximum Gasteiger partial charge on any atom is 0.434 e. The van der Waals surface area contributed by atoms with Gasteiger partial charge in [0.05, 0.1) is 11.6 Å². The van der Waals surface area contributed by atoms with Crippen LogP contribution in [0.15, 0.2) is 10.5 Å². The Bertz CT molecular complexity index is 505. The van der Waals surface area contributed by atoms with Crippen molar-refractivity contribution in [1.82, 2.24) is 4.90 Å². The van der Waals surface area contributed by atoms with E-state index in [2.05, 4.69) is 0 Å². The highest BCUT2D eigenvalue weighted by Gasteiger charge is 2.30. The Kier molecular flexibility index (Phi) is 2.66. The molecule has 0 N–H and O–H groups in total. The molecule has 2 rings (SSSR count). The minimum Gasteiger partial charge on any atom is -0.405 e. The zero-order chi connectivity index (χ0) is 12.6. The molecule has 0 aromatic carbocycles. The quantitative estimate of drug-likeness (QED) is 0.539. The van der Waals surface area contributed by atoms with E-state index in [4.69, 9.17) is 4.42 Å². The van der Waals surface area contributed by atoms with Gasteiger partial charge >= 0.3 is 5.88 Å². The fourth-order valence-electron chi connectivity index (χ4n) is 1.82. The molecule has 0 aliphatic carbocycles. The molecule has 0 fully saturated rings. The molecule has 0 spiro atoms. The third-order valence-corrected chi connectivity index (χ3v) is 2.62. The summed E-state index contributed by atoms with van der Waals surface area (Å²) in [6.07, 6.45) is 0.960. The second kappa shape index (κ2) is 4.00. The largest absolute Gasteiger partial charge is 0.434 e. The van der Waals surface area contributed by atoms with Crippen molar-refractivity contribution in [2.75, 3.05) is 6.54 Å². The van der Waals surface area contributed by atoms with Crippen LogP contribution in [0.1, 0.15) is 29.5 Å². The Morgan fingerprint density at radius 2 is 2.29 bits per heavy atom. The zero-order valence-corrected chi connectivity index (χ0v) is 9.13. The molecule has 7 heteroatoms. The Hall–Kier alpha value is -2.18. The molecular formula is C10H10N2O5. The molecule has 0 saturated carbocycles. The van der Waals surface area contributed by atoms with Crippen molar-refractivity contribution in [2.24, 2.45) is 0 Å². The predicted molar refractivity (Wildman–Crippen MR) is 55.4 cm³/mol. The van der Waals surface area contributed by atoms with Gasteiger partial charge in [-0.1, -0.05) is 0 Å². The minimum absolute atomic E-state index is 0.115. The first-order valence-electron chi connectivity index (χ1n) is 5.10. The number of fused-ring (bicyclic) bond motifs is 1. The molecule has 1 aliphatic heterocycles. The van der Waals surface area contributed by atoms with Crippen molar-refractivity contribution in [1.29, 1.82) is 0 Å². The van der Waals surface area contributed by atoms with Gasteiger partial charge in [0, 0.05) is 19.9 Å². The van der Waals surface area contributed by atoms with Crippen LogP contribution in [0.25, 0.3) is 0 Å². The lowest BCUT2D eigenvalue weighted by atomic mass is 10.2. The van der Waals surface area contributed by atoms with E-state index in [1.54, 1.807) is 0 Å². The number of carbonyl (C=O) groups excluding carboxylic acids is 2. The summed E-state index contributed by atoms with van der Waals surface area (Å²) in [7, 11) is 0. The average Bonchev–Trinajstić information content (AvgIpc) is 2.61. The molecule has 2 heterocycles. The number of imide groups is 1. The minimum atomic E-state index is -0.694. The summed E-state index contributed by atoms with van der Waals surface area (Å²) in [6.45, 7) is 1.60. The van der Waals surface area contributed by atoms with Crippen LogP contribution < -0.4 is 0 Å². The molecule has 7 nitrogen and oxygen atoms in total. The Labute approximate surface area is 96.1 Å². The molecule has 0 bridgehead atoms. The Balaban J connectivity index is 2.43. The van der Waals surface area contributed by atoms with Crippen LogP contribution in [0.2, 0.25) is 0 Å². The molecule has 0 saturated heterocycles. The van der Waals surface area contributed by atoms with Gasteiger partial charge in [-0.25, -0.2) is 0 Å². The zero-order valence-electron chi connectivity index (χ0n) is 9.13. The third-order valence-electron chi connectivity index (χ3n) is 2.62. The number of amides is 2. The highest BCUT2D eigenvalue weighted by atomic mass is 16.6. The van der Waals surface area contributed by atoms with Crippen LogP contribution in [-0.2, 0) is 11.2 Å². The highest BCUT2D eigenvalue weighted by Crippen LogP contribution is 2.26. The Morgan fingerprint density at radius 3 is 2.88 bits per heavy atom. The molecule has 17 heavy (non-hydrogen) atoms. The van der Waals surface area contributed by atoms with Crippen LogP contribution in [0.3, 0.4) is 0 Å². The summed E-state index contributed by atoms with van der Waals surface area (Å²) < 4.78 is 4.99. The van der Waals surface area contributed by atoms with Gasteiger partial charge in [-0.05, 0) is 6.42 Å². The molecule has 0 atom stereocenters. The van der Waals surface area contributed by atoms with Crippen LogP contribution in [0.5, 0.6) is 0 Å². The molecule has 1 aromatic heterocycles. The first-order chi connectivity index (χ1) is 8.00. The van der Waals surface area contributed by atoms with Crippen molar-refractivity contribution < 1.29 is 18.9 Å². The normalized spacial score (nSPS) is 15.4. The van der Waals surface area contributed by atoms with E-state index >= 15 is 0 Å². The van der Waals surface area contributed by atoms with Gasteiger partial charge in [-0.2, -0.15) is 0 Å². The summed E-state index contributed by atoms with van der Waals surface area (Å²) in [5.74, 6) is -1.08. The van der Waals surface area contributed by atoms with E-state index in [1.165, 1.54) is 6.92 Å². The standard InChI is InChI=1S/C10H10N2O5/c1-6(13)11-4-2-3-8-7(10(11)14)5-9(17-8)12(15)16/h5H,2-4H2,1H3. The number of nitrogens with zero attached hydrogens (tertiary/aromatic N) is 2. The maximum absolute atomic E-state index is 11.9. The topological polar surface area (TPSA) is 93.7 Å². The number of rotatable bonds is 1. The summed E-state index contributed by atoms with van der Waals surface area (Å²) >= 11 is 0. The van der Waals surface area contributed by atoms with Gasteiger partial charge in [0.2, 0.25) is 5.91 Å². The van der Waals surface area contributed by atoms with Gasteiger partial charge in [-0.15, -0.1) is 0 Å². The van der Waals surface area contributed by atoms with Crippen molar-refractivity contribution >= 4 is 17.7 Å². The van der Waals surface area contributed by atoms with Crippen molar-refractivity contribution in [3.05, 3.63) is 27.5 Å². The number of hydrogen-bond donors (Lipinski definition) is 0. The monoisotopic (exact) mass is 238 g/mol. The van der Waals surface area contributed by atoms with Crippen molar-refractivity contribution in [3.8, 4) is 0 Å². The van der Waals surface area contributed by atoms with Gasteiger partial charge in [-0.3, -0.25) is 24.6 Å². The van der Waals surface area contributed by atoms with Gasteiger partial charge < -0.3 is 4.42 Å². The van der Waals surface area contributed by atoms with E-state index in [0.29, 0.717) is 19.4 Å². The summed E-state index contributed by atoms with van der Waals surface area (Å²) in [5.41, 5.74) is 0.115. The first-order valence-corrected chi connectivity index (χ1v) is 5.10. The SMILES string of the molecule is CC(=O)N1CCCc2oc([N+](=O)[O-])cc2C1=O. The summed E-state index contributed by atoms with van der Waals surface area (Å²) in [6, 6.07) is 1.08. The van der Waals surface area contributed by atoms with Gasteiger partial charge in [0.15, 0.2) is 0 Å². The number of hydrogen-bond acceptors (Lipinski definition) is 5. The Morgan fingerprint density at radius 1 is 1.59 bits per heavy atom. The van der Waals surface area contributed by atoms with E-state index in [9.17, 15) is 19.7 Å². The molecular weight excluding hydrogens is 228 g/mol. The summed E-state index contributed by atoms with van der Waals surface area (Å²) in [4.78, 5) is 34.1. The second-order valence-electron chi connectivity index (χ2n) is 3.76. The lowest BCUT2D eigenvalue weighted by molar-refractivity contribution is -0.402. The van der Waals surface area contributed by atoms with E-state index in [1.807, 2.05) is 0 Å². The van der Waals surface area contributed by atoms with Crippen LogP contribution >= 0.6 is 0 Å². The third kappa shape index (κ3) is 1.91. The lowest BCUT2D eigenvalue weighted by Crippen LogP contribution is -2.34. The fraction of sp³-hybridized carbons (Fsp3) is 0.400. The summed E-state index contributed by atoms with van der Waals surface area (Å²) in [5, 5.41) is 10.5. The highest BCUT2D eigenvalue weighted by molar-refractivity contribution is 6.05. The van der Waals surface area contributed by atoms with E-state index in [0.717, 1.165) is 11.0 Å². The molecule has 1 aliphatic rings. The van der Waals surface area contributed by atoms with Crippen LogP contribution in [0.4, 0.5) is 5.88 Å². The number of nitro groups is 1. The number of furan rings is 1. The number of aryl methyl sites for hydroxylation is 1. The van der Waals surface area contributed by atoms with Crippen LogP contribution in [-0.4, -0.2) is 28.2 Å². The van der Waals surface area contributed by atoms with Crippen molar-refractivity contribution in [3.63, 3.8) is 0 Å². The first kappa shape index (κ1) is 11.3. The van der Waals surface area contributed by atoms with Gasteiger partial charge in [0.25, 0.3) is 5.91 Å². The number of carbonyl (C=O) groups is 2. The lowest BCUT2D eigenvalue weighted by Gasteiger charge is -2.15. The predicted octanol–water partition coefficient (Wildman–Crippen LogP) is 1.12. The van der Waals surface area contributed by atoms with Crippen LogP contribution in [0, 0.1) is 10.1 Å². The molecule has 1 aromatic rings. The molecule has 0 radical (unpaired) electrons.